The second kappa shape index (κ2) is 7.27. The molecular formula is C16H19N5S2. The lowest BCUT2D eigenvalue weighted by Gasteiger charge is -2.19. The van der Waals surface area contributed by atoms with Gasteiger partial charge in [0, 0.05) is 17.0 Å². The molecule has 23 heavy (non-hydrogen) atoms. The Morgan fingerprint density at radius 1 is 1.35 bits per heavy atom. The average Bonchev–Trinajstić information content (AvgIpc) is 3.22. The van der Waals surface area contributed by atoms with Crippen molar-refractivity contribution in [2.24, 2.45) is 0 Å². The van der Waals surface area contributed by atoms with Crippen molar-refractivity contribution in [2.75, 3.05) is 7.05 Å². The summed E-state index contributed by atoms with van der Waals surface area (Å²) in [4.78, 5) is 1.25. The van der Waals surface area contributed by atoms with E-state index in [4.69, 9.17) is 0 Å². The third kappa shape index (κ3) is 3.32. The normalized spacial score (nSPS) is 14.0. The minimum Gasteiger partial charge on any atom is -0.312 e. The monoisotopic (exact) mass is 345 g/mol. The summed E-state index contributed by atoms with van der Waals surface area (Å²) < 4.78 is 4.85. The number of thiophene rings is 1. The summed E-state index contributed by atoms with van der Waals surface area (Å²) in [6.07, 6.45) is 2.75. The topological polar surface area (TPSA) is 54.8 Å². The van der Waals surface area contributed by atoms with Crippen molar-refractivity contribution in [2.45, 2.75) is 18.5 Å². The molecule has 5 nitrogen and oxygen atoms in total. The second-order valence-corrected chi connectivity index (χ2v) is 6.57. The van der Waals surface area contributed by atoms with Crippen molar-refractivity contribution in [3.63, 3.8) is 0 Å². The first-order valence-electron chi connectivity index (χ1n) is 7.36. The van der Waals surface area contributed by atoms with Crippen molar-refractivity contribution in [3.05, 3.63) is 53.9 Å². The number of hydrogen-bond acceptors (Lipinski definition) is 6. The molecule has 1 aromatic carbocycles. The van der Waals surface area contributed by atoms with Crippen LogP contribution < -0.4 is 10.0 Å². The van der Waals surface area contributed by atoms with Crippen LogP contribution in [-0.4, -0.2) is 28.1 Å². The molecule has 0 aliphatic heterocycles. The molecule has 0 bridgehead atoms. The Kier molecular flexibility index (Phi) is 5.12. The maximum Gasteiger partial charge on any atom is 0.120 e. The molecule has 0 amide bonds. The van der Waals surface area contributed by atoms with E-state index in [1.165, 1.54) is 4.88 Å². The van der Waals surface area contributed by atoms with Crippen molar-refractivity contribution < 1.29 is 0 Å². The van der Waals surface area contributed by atoms with Gasteiger partial charge in [-0.05, 0) is 37.7 Å². The zero-order chi connectivity index (χ0) is 16.2. The van der Waals surface area contributed by atoms with Crippen LogP contribution in [0.2, 0.25) is 0 Å². The minimum absolute atomic E-state index is 0.147. The van der Waals surface area contributed by atoms with Gasteiger partial charge in [-0.25, -0.2) is 4.68 Å². The maximum atomic E-state index is 4.27. The first-order valence-corrected chi connectivity index (χ1v) is 8.63. The Balaban J connectivity index is 1.88. The largest absolute Gasteiger partial charge is 0.312 e. The second-order valence-electron chi connectivity index (χ2n) is 5.21. The number of nitrogens with one attached hydrogen (secondary N) is 2. The lowest BCUT2D eigenvalue weighted by molar-refractivity contribution is 0.515. The molecule has 0 spiro atoms. The van der Waals surface area contributed by atoms with Gasteiger partial charge in [-0.2, -0.15) is 0 Å². The molecule has 3 aromatic rings. The molecule has 2 aromatic heterocycles. The molecule has 0 saturated heterocycles. The highest BCUT2D eigenvalue weighted by Crippen LogP contribution is 2.30. The Labute approximate surface area is 144 Å². The number of rotatable bonds is 7. The van der Waals surface area contributed by atoms with E-state index in [-0.39, 0.29) is 12.1 Å². The molecule has 0 saturated carbocycles. The summed E-state index contributed by atoms with van der Waals surface area (Å²) in [6, 6.07) is 12.6. The van der Waals surface area contributed by atoms with Gasteiger partial charge in [0.25, 0.3) is 0 Å². The highest BCUT2D eigenvalue weighted by Gasteiger charge is 2.17. The van der Waals surface area contributed by atoms with Gasteiger partial charge in [0.1, 0.15) is 10.5 Å². The summed E-state index contributed by atoms with van der Waals surface area (Å²) in [5.41, 5.74) is 1.92. The van der Waals surface area contributed by atoms with E-state index < -0.39 is 0 Å². The number of thiol groups is 1. The molecular weight excluding hydrogens is 326 g/mol. The Morgan fingerprint density at radius 3 is 2.91 bits per heavy atom. The van der Waals surface area contributed by atoms with E-state index >= 15 is 0 Å². The molecule has 7 heteroatoms. The number of fused-ring (bicyclic) bond motifs is 1. The molecule has 0 aliphatic carbocycles. The summed E-state index contributed by atoms with van der Waals surface area (Å²) in [5.74, 6) is 0. The first kappa shape index (κ1) is 16.2. The van der Waals surface area contributed by atoms with Gasteiger partial charge in [-0.15, -0.1) is 23.0 Å². The lowest BCUT2D eigenvalue weighted by atomic mass is 10.1. The van der Waals surface area contributed by atoms with Crippen LogP contribution in [0.15, 0.2) is 49.1 Å². The standard InChI is InChI=1S/C16H19N5S2/c1-3-11(19-22)10-13(17-2)15-8-9-16(23-15)21-14-7-5-4-6-12(14)18-20-21/h3-9,11,13,17,19,22H,1,10H2,2H3. The van der Waals surface area contributed by atoms with Crippen LogP contribution >= 0.6 is 24.2 Å². The molecule has 2 atom stereocenters. The number of hydrogen-bond donors (Lipinski definition) is 3. The Hall–Kier alpha value is -1.67. The summed E-state index contributed by atoms with van der Waals surface area (Å²) in [7, 11) is 1.97. The Bertz CT molecular complexity index is 794. The zero-order valence-corrected chi connectivity index (χ0v) is 14.5. The first-order chi connectivity index (χ1) is 11.3. The summed E-state index contributed by atoms with van der Waals surface area (Å²) in [6.45, 7) is 3.83. The predicted molar refractivity (Wildman–Crippen MR) is 99.3 cm³/mol. The molecule has 2 N–H and O–H groups in total. The summed E-state index contributed by atoms with van der Waals surface area (Å²) in [5, 5.41) is 12.9. The summed E-state index contributed by atoms with van der Waals surface area (Å²) >= 11 is 5.86. The van der Waals surface area contributed by atoms with Crippen molar-refractivity contribution in [3.8, 4) is 5.00 Å². The van der Waals surface area contributed by atoms with Gasteiger partial charge in [0.2, 0.25) is 0 Å². The van der Waals surface area contributed by atoms with Crippen molar-refractivity contribution >= 4 is 35.2 Å². The number of para-hydroxylation sites is 1. The lowest BCUT2D eigenvalue weighted by Crippen LogP contribution is -2.26. The zero-order valence-electron chi connectivity index (χ0n) is 12.8. The fourth-order valence-corrected chi connectivity index (χ4v) is 3.81. The Morgan fingerprint density at radius 2 is 2.17 bits per heavy atom. The SMILES string of the molecule is C=CC(CC(NC)c1ccc(-n2nnc3ccccc32)s1)NS. The van der Waals surface area contributed by atoms with E-state index in [1.54, 1.807) is 11.3 Å². The van der Waals surface area contributed by atoms with E-state index in [2.05, 4.69) is 51.9 Å². The third-order valence-electron chi connectivity index (χ3n) is 3.81. The number of benzene rings is 1. The number of nitrogens with zero attached hydrogens (tertiary/aromatic N) is 3. The third-order valence-corrected chi connectivity index (χ3v) is 5.31. The van der Waals surface area contributed by atoms with Gasteiger partial charge < -0.3 is 5.32 Å². The quantitative estimate of drug-likeness (QED) is 0.455. The highest BCUT2D eigenvalue weighted by molar-refractivity contribution is 7.78. The molecule has 120 valence electrons. The average molecular weight is 345 g/mol. The number of aromatic nitrogens is 3. The van der Waals surface area contributed by atoms with Gasteiger partial charge in [0.05, 0.1) is 5.52 Å². The van der Waals surface area contributed by atoms with E-state index in [0.717, 1.165) is 22.5 Å². The van der Waals surface area contributed by atoms with Gasteiger partial charge in [-0.3, -0.25) is 4.72 Å². The molecule has 0 aliphatic rings. The van der Waals surface area contributed by atoms with Crippen LogP contribution in [0.1, 0.15) is 17.3 Å². The fraction of sp³-hybridized carbons (Fsp3) is 0.250. The van der Waals surface area contributed by atoms with Gasteiger partial charge in [0.15, 0.2) is 0 Å². The molecule has 0 radical (unpaired) electrons. The van der Waals surface area contributed by atoms with E-state index in [0.29, 0.717) is 0 Å². The van der Waals surface area contributed by atoms with Crippen LogP contribution in [0, 0.1) is 0 Å². The van der Waals surface area contributed by atoms with Crippen LogP contribution in [0.4, 0.5) is 0 Å². The van der Waals surface area contributed by atoms with Crippen LogP contribution in [0.5, 0.6) is 0 Å². The van der Waals surface area contributed by atoms with Crippen molar-refractivity contribution in [1.82, 2.24) is 25.0 Å². The predicted octanol–water partition coefficient (Wildman–Crippen LogP) is 3.12. The van der Waals surface area contributed by atoms with Crippen LogP contribution in [-0.2, 0) is 0 Å². The molecule has 0 fully saturated rings. The maximum absolute atomic E-state index is 4.27. The van der Waals surface area contributed by atoms with Gasteiger partial charge in [-0.1, -0.05) is 36.2 Å². The molecule has 2 heterocycles. The van der Waals surface area contributed by atoms with E-state index in [9.17, 15) is 0 Å². The van der Waals surface area contributed by atoms with Crippen LogP contribution in [0.25, 0.3) is 16.0 Å². The molecule has 2 unspecified atom stereocenters. The fourth-order valence-electron chi connectivity index (χ4n) is 2.51. The minimum atomic E-state index is 0.147. The van der Waals surface area contributed by atoms with E-state index in [1.807, 2.05) is 42.1 Å². The van der Waals surface area contributed by atoms with Crippen molar-refractivity contribution in [1.29, 1.82) is 0 Å². The van der Waals surface area contributed by atoms with Gasteiger partial charge >= 0.3 is 0 Å². The molecule has 3 rings (SSSR count). The highest BCUT2D eigenvalue weighted by atomic mass is 32.1. The smallest absolute Gasteiger partial charge is 0.120 e. The van der Waals surface area contributed by atoms with Crippen LogP contribution in [0.3, 0.4) is 0 Å².